The first kappa shape index (κ1) is 46.1. The summed E-state index contributed by atoms with van der Waals surface area (Å²) >= 11 is 0. The summed E-state index contributed by atoms with van der Waals surface area (Å²) in [5, 5.41) is 9.01. The first-order chi connectivity index (χ1) is 19.4. The van der Waals surface area contributed by atoms with Gasteiger partial charge < -0.3 is 23.1 Å². The van der Waals surface area contributed by atoms with Gasteiger partial charge in [-0.05, 0) is 25.7 Å². The van der Waals surface area contributed by atoms with Crippen molar-refractivity contribution in [1.82, 2.24) is 0 Å². The third-order valence-corrected chi connectivity index (χ3v) is 8.11. The Balaban J connectivity index is -0.000000560. The highest BCUT2D eigenvalue weighted by Gasteiger charge is 2.11. The van der Waals surface area contributed by atoms with E-state index in [0.717, 1.165) is 8.97 Å². The summed E-state index contributed by atoms with van der Waals surface area (Å²) in [6.45, 7) is 7.23. The topological polar surface area (TPSA) is 133 Å². The SMILES string of the molecule is CCCCCCCCCCCC[N+](C)(C)C.CCCCCCCCCCCC[N+](C)(C)C.O=S(=O)([O-])OS(=O)(=O)O[O-]. The molecule has 0 radical (unpaired) electrons. The van der Waals surface area contributed by atoms with Gasteiger partial charge in [0.05, 0.1) is 55.4 Å². The summed E-state index contributed by atoms with van der Waals surface area (Å²) in [7, 11) is 3.02. The normalized spacial score (nSPS) is 12.3. The minimum Gasteiger partial charge on any atom is -0.725 e. The highest BCUT2D eigenvalue weighted by atomic mass is 32.3. The highest BCUT2D eigenvalue weighted by molar-refractivity contribution is 7.94. The Bertz CT molecular complexity index is 744. The van der Waals surface area contributed by atoms with Crippen molar-refractivity contribution in [3.8, 4) is 0 Å². The van der Waals surface area contributed by atoms with Gasteiger partial charge in [-0.2, -0.15) is 8.42 Å². The van der Waals surface area contributed by atoms with Crippen LogP contribution in [-0.4, -0.2) is 85.7 Å². The van der Waals surface area contributed by atoms with Crippen LogP contribution in [0.2, 0.25) is 0 Å². The average molecular weight is 649 g/mol. The summed E-state index contributed by atoms with van der Waals surface area (Å²) in [4.78, 5) is 0. The zero-order valence-corrected chi connectivity index (χ0v) is 30.2. The molecule has 42 heavy (non-hydrogen) atoms. The number of unbranched alkanes of at least 4 members (excludes halogenated alkanes) is 18. The van der Waals surface area contributed by atoms with Crippen molar-refractivity contribution in [2.45, 2.75) is 142 Å². The van der Waals surface area contributed by atoms with Gasteiger partial charge in [0, 0.05) is 0 Å². The summed E-state index contributed by atoms with van der Waals surface area (Å²) in [6, 6.07) is 0. The van der Waals surface area contributed by atoms with Crippen LogP contribution in [0.3, 0.4) is 0 Å². The fourth-order valence-electron chi connectivity index (χ4n) is 4.26. The molecule has 0 N–H and O–H groups in total. The number of rotatable bonds is 25. The van der Waals surface area contributed by atoms with Crippen LogP contribution in [0.25, 0.3) is 0 Å². The molecule has 0 aromatic heterocycles. The lowest BCUT2D eigenvalue weighted by Crippen LogP contribution is -2.35. The van der Waals surface area contributed by atoms with Crippen LogP contribution in [-0.2, 0) is 28.8 Å². The summed E-state index contributed by atoms with van der Waals surface area (Å²) < 4.78 is 54.8. The lowest BCUT2D eigenvalue weighted by Gasteiger charge is -2.23. The Kier molecular flexibility index (Phi) is 30.9. The van der Waals surface area contributed by atoms with Crippen LogP contribution in [0.1, 0.15) is 142 Å². The van der Waals surface area contributed by atoms with Gasteiger partial charge in [0.2, 0.25) is 10.4 Å². The Morgan fingerprint density at radius 3 is 0.881 bits per heavy atom. The van der Waals surface area contributed by atoms with Gasteiger partial charge in [-0.25, -0.2) is 8.42 Å². The van der Waals surface area contributed by atoms with E-state index in [1.54, 1.807) is 0 Å². The van der Waals surface area contributed by atoms with Gasteiger partial charge in [-0.1, -0.05) is 117 Å². The van der Waals surface area contributed by atoms with Crippen molar-refractivity contribution in [3.63, 3.8) is 0 Å². The Labute approximate surface area is 261 Å². The van der Waals surface area contributed by atoms with Crippen molar-refractivity contribution < 1.29 is 43.6 Å². The molecular formula is C30H68N2O8S2. The standard InChI is InChI=1S/2C15H34N.H2O8S2/c2*1-5-6-7-8-9-10-11-12-13-14-15-16(2,3)4;1-7-10(5,6)8-9(2,3)4/h2*5-15H2,1-4H3;1H,(H,2,3,4)/q2*+1;/p-2. The van der Waals surface area contributed by atoms with Crippen molar-refractivity contribution in [2.75, 3.05) is 55.4 Å². The second-order valence-electron chi connectivity index (χ2n) is 13.3. The molecule has 0 saturated carbocycles. The fourth-order valence-corrected chi connectivity index (χ4v) is 5.17. The van der Waals surface area contributed by atoms with E-state index in [1.807, 2.05) is 0 Å². The van der Waals surface area contributed by atoms with Gasteiger partial charge in [0.1, 0.15) is 0 Å². The maximum absolute atomic E-state index is 9.68. The number of hydrogen-bond acceptors (Lipinski definition) is 8. The maximum Gasteiger partial charge on any atom is 0.405 e. The molecule has 12 heteroatoms. The van der Waals surface area contributed by atoms with E-state index < -0.39 is 20.8 Å². The number of nitrogens with zero attached hydrogens (tertiary/aromatic N) is 2. The van der Waals surface area contributed by atoms with Crippen LogP contribution in [0.5, 0.6) is 0 Å². The van der Waals surface area contributed by atoms with Crippen molar-refractivity contribution in [2.24, 2.45) is 0 Å². The maximum atomic E-state index is 9.68. The molecule has 0 aromatic rings. The van der Waals surface area contributed by atoms with E-state index in [-0.39, 0.29) is 0 Å². The van der Waals surface area contributed by atoms with Gasteiger partial charge in [0.25, 0.3) is 0 Å². The van der Waals surface area contributed by atoms with Crippen LogP contribution >= 0.6 is 0 Å². The molecule has 0 heterocycles. The molecular weight excluding hydrogens is 580 g/mol. The van der Waals surface area contributed by atoms with Gasteiger partial charge in [-0.3, -0.25) is 0 Å². The van der Waals surface area contributed by atoms with Crippen molar-refractivity contribution in [1.29, 1.82) is 0 Å². The molecule has 0 rings (SSSR count). The van der Waals surface area contributed by atoms with E-state index in [0.29, 0.717) is 0 Å². The van der Waals surface area contributed by atoms with Crippen LogP contribution in [0.15, 0.2) is 0 Å². The van der Waals surface area contributed by atoms with Gasteiger partial charge in [-0.15, -0.1) is 3.63 Å². The number of hydrogen-bond donors (Lipinski definition) is 0. The predicted octanol–water partition coefficient (Wildman–Crippen LogP) is 6.23. The van der Waals surface area contributed by atoms with Crippen LogP contribution in [0.4, 0.5) is 0 Å². The van der Waals surface area contributed by atoms with E-state index in [4.69, 9.17) is 5.26 Å². The largest absolute Gasteiger partial charge is 0.725 e. The molecule has 0 amide bonds. The Hall–Kier alpha value is -0.340. The van der Waals surface area contributed by atoms with Crippen molar-refractivity contribution in [3.05, 3.63) is 0 Å². The average Bonchev–Trinajstić information content (AvgIpc) is 2.84. The molecule has 0 spiro atoms. The van der Waals surface area contributed by atoms with Crippen LogP contribution < -0.4 is 5.26 Å². The molecule has 0 aromatic carbocycles. The molecule has 0 bridgehead atoms. The number of quaternary nitrogens is 2. The van der Waals surface area contributed by atoms with E-state index in [2.05, 4.69) is 64.1 Å². The fraction of sp³-hybridized carbons (Fsp3) is 1.00. The third kappa shape index (κ3) is 49.3. The third-order valence-electron chi connectivity index (χ3n) is 6.61. The predicted molar refractivity (Wildman–Crippen MR) is 170 cm³/mol. The van der Waals surface area contributed by atoms with E-state index >= 15 is 0 Å². The summed E-state index contributed by atoms with van der Waals surface area (Å²) in [5.41, 5.74) is 0. The molecule has 258 valence electrons. The second kappa shape index (κ2) is 28.2. The Morgan fingerprint density at radius 1 is 0.476 bits per heavy atom. The molecule has 0 aliphatic rings. The zero-order chi connectivity index (χ0) is 33.0. The summed E-state index contributed by atoms with van der Waals surface area (Å²) in [6.07, 6.45) is 28.8. The molecule has 0 aliphatic heterocycles. The van der Waals surface area contributed by atoms with Crippen molar-refractivity contribution >= 4 is 20.8 Å². The first-order valence-corrected chi connectivity index (χ1v) is 18.9. The highest BCUT2D eigenvalue weighted by Crippen LogP contribution is 2.12. The molecule has 0 fully saturated rings. The Morgan fingerprint density at radius 2 is 0.714 bits per heavy atom. The summed E-state index contributed by atoms with van der Waals surface area (Å²) in [5.74, 6) is 0. The molecule has 10 nitrogen and oxygen atoms in total. The monoisotopic (exact) mass is 648 g/mol. The van der Waals surface area contributed by atoms with Gasteiger partial charge >= 0.3 is 10.4 Å². The minimum atomic E-state index is -5.46. The zero-order valence-electron chi connectivity index (χ0n) is 28.5. The lowest BCUT2D eigenvalue weighted by atomic mass is 10.1. The smallest absolute Gasteiger partial charge is 0.405 e. The second-order valence-corrected chi connectivity index (χ2v) is 15.7. The van der Waals surface area contributed by atoms with E-state index in [1.165, 1.54) is 142 Å². The lowest BCUT2D eigenvalue weighted by molar-refractivity contribution is -0.870. The molecule has 0 unspecified atom stereocenters. The molecule has 0 atom stereocenters. The first-order valence-electron chi connectivity index (χ1n) is 16.2. The quantitative estimate of drug-likeness (QED) is 0.0284. The van der Waals surface area contributed by atoms with Crippen LogP contribution in [0, 0.1) is 0 Å². The minimum absolute atomic E-state index is 1.12. The van der Waals surface area contributed by atoms with Gasteiger partial charge in [0.15, 0.2) is 0 Å². The molecule has 0 aliphatic carbocycles. The molecule has 0 saturated heterocycles. The van der Waals surface area contributed by atoms with E-state index in [9.17, 15) is 21.4 Å².